The molecule has 0 saturated carbocycles. The first-order valence-electron chi connectivity index (χ1n) is 8.80. The lowest BCUT2D eigenvalue weighted by atomic mass is 9.95. The molecule has 1 aromatic carbocycles. The molecular formula is C19H24FN3O3. The standard InChI is InChI=1S/C19H24FN3O3/c1-12(2)26-16-10-14-13(9-15(16)17(21)24)3-6-23-18(14)25-11-19(20)4-7-22-8-5-19/h3,6,9-10,12,22H,4-5,7-8,11H2,1-2H3,(H2,21,24). The number of nitrogens with zero attached hydrogens (tertiary/aromatic N) is 1. The van der Waals surface area contributed by atoms with Crippen LogP contribution in [0.25, 0.3) is 10.8 Å². The Kier molecular flexibility index (Phi) is 5.27. The van der Waals surface area contributed by atoms with Gasteiger partial charge in [0.2, 0.25) is 5.88 Å². The average molecular weight is 361 g/mol. The second-order valence-electron chi connectivity index (χ2n) is 6.91. The van der Waals surface area contributed by atoms with Crippen molar-refractivity contribution in [1.82, 2.24) is 10.3 Å². The minimum Gasteiger partial charge on any atom is -0.490 e. The number of alkyl halides is 1. The molecule has 0 unspecified atom stereocenters. The normalized spacial score (nSPS) is 16.6. The smallest absolute Gasteiger partial charge is 0.252 e. The van der Waals surface area contributed by atoms with Gasteiger partial charge in [0.15, 0.2) is 0 Å². The maximum atomic E-state index is 14.8. The zero-order valence-electron chi connectivity index (χ0n) is 15.0. The number of hydrogen-bond donors (Lipinski definition) is 2. The highest BCUT2D eigenvalue weighted by Crippen LogP contribution is 2.32. The highest BCUT2D eigenvalue weighted by Gasteiger charge is 2.33. The van der Waals surface area contributed by atoms with E-state index in [9.17, 15) is 9.18 Å². The number of hydrogen-bond acceptors (Lipinski definition) is 5. The lowest BCUT2D eigenvalue weighted by molar-refractivity contribution is 0.0526. The molecule has 6 nitrogen and oxygen atoms in total. The molecule has 2 aromatic rings. The Balaban J connectivity index is 1.94. The van der Waals surface area contributed by atoms with Crippen molar-refractivity contribution in [2.24, 2.45) is 5.73 Å². The molecule has 0 radical (unpaired) electrons. The van der Waals surface area contributed by atoms with Crippen molar-refractivity contribution < 1.29 is 18.7 Å². The van der Waals surface area contributed by atoms with Gasteiger partial charge in [-0.15, -0.1) is 0 Å². The summed E-state index contributed by atoms with van der Waals surface area (Å²) >= 11 is 0. The number of aromatic nitrogens is 1. The zero-order chi connectivity index (χ0) is 18.7. The number of nitrogens with one attached hydrogen (secondary N) is 1. The van der Waals surface area contributed by atoms with Gasteiger partial charge in [-0.05, 0) is 63.4 Å². The molecule has 1 aliphatic rings. The van der Waals surface area contributed by atoms with E-state index in [1.54, 1.807) is 24.4 Å². The van der Waals surface area contributed by atoms with Gasteiger partial charge in [-0.3, -0.25) is 4.79 Å². The fourth-order valence-corrected chi connectivity index (χ4v) is 3.05. The Morgan fingerprint density at radius 1 is 1.38 bits per heavy atom. The minimum absolute atomic E-state index is 0.0568. The molecule has 1 fully saturated rings. The number of piperidine rings is 1. The number of pyridine rings is 1. The van der Waals surface area contributed by atoms with Crippen molar-refractivity contribution in [3.05, 3.63) is 30.0 Å². The van der Waals surface area contributed by atoms with E-state index in [1.165, 1.54) is 0 Å². The predicted octanol–water partition coefficient (Wildman–Crippen LogP) is 2.59. The van der Waals surface area contributed by atoms with Crippen LogP contribution in [0.15, 0.2) is 24.4 Å². The van der Waals surface area contributed by atoms with E-state index in [0.717, 1.165) is 5.39 Å². The van der Waals surface area contributed by atoms with Gasteiger partial charge in [0.05, 0.1) is 11.7 Å². The zero-order valence-corrected chi connectivity index (χ0v) is 15.0. The number of amides is 1. The number of rotatable bonds is 6. The molecule has 3 rings (SSSR count). The molecule has 1 saturated heterocycles. The van der Waals surface area contributed by atoms with E-state index in [2.05, 4.69) is 10.3 Å². The molecule has 2 heterocycles. The number of benzene rings is 1. The Bertz CT molecular complexity index is 804. The summed E-state index contributed by atoms with van der Waals surface area (Å²) in [6.45, 7) is 4.94. The van der Waals surface area contributed by atoms with Gasteiger partial charge in [0.1, 0.15) is 18.0 Å². The summed E-state index contributed by atoms with van der Waals surface area (Å²) in [5, 5.41) is 4.53. The van der Waals surface area contributed by atoms with Gasteiger partial charge in [-0.1, -0.05) is 0 Å². The van der Waals surface area contributed by atoms with Gasteiger partial charge in [0, 0.05) is 11.6 Å². The summed E-state index contributed by atoms with van der Waals surface area (Å²) in [4.78, 5) is 16.0. The maximum Gasteiger partial charge on any atom is 0.252 e. The fourth-order valence-electron chi connectivity index (χ4n) is 3.05. The van der Waals surface area contributed by atoms with E-state index in [4.69, 9.17) is 15.2 Å². The second-order valence-corrected chi connectivity index (χ2v) is 6.91. The fraction of sp³-hybridized carbons (Fsp3) is 0.474. The Morgan fingerprint density at radius 3 is 2.77 bits per heavy atom. The third-order valence-corrected chi connectivity index (χ3v) is 4.42. The molecular weight excluding hydrogens is 337 g/mol. The Morgan fingerprint density at radius 2 is 2.12 bits per heavy atom. The molecule has 0 bridgehead atoms. The quantitative estimate of drug-likeness (QED) is 0.826. The van der Waals surface area contributed by atoms with Crippen LogP contribution in [0, 0.1) is 0 Å². The molecule has 26 heavy (non-hydrogen) atoms. The summed E-state index contributed by atoms with van der Waals surface area (Å²) < 4.78 is 26.3. The third-order valence-electron chi connectivity index (χ3n) is 4.42. The number of carbonyl (C=O) groups is 1. The lowest BCUT2D eigenvalue weighted by Crippen LogP contribution is -2.42. The number of primary amides is 1. The minimum atomic E-state index is -1.36. The van der Waals surface area contributed by atoms with Crippen molar-refractivity contribution in [2.45, 2.75) is 38.5 Å². The third kappa shape index (κ3) is 4.04. The molecule has 0 spiro atoms. The second kappa shape index (κ2) is 7.45. The summed E-state index contributed by atoms with van der Waals surface area (Å²) in [6.07, 6.45) is 2.26. The van der Waals surface area contributed by atoms with Crippen molar-refractivity contribution in [3.63, 3.8) is 0 Å². The highest BCUT2D eigenvalue weighted by atomic mass is 19.1. The Labute approximate surface area is 151 Å². The van der Waals surface area contributed by atoms with E-state index < -0.39 is 11.6 Å². The van der Waals surface area contributed by atoms with Gasteiger partial charge in [-0.25, -0.2) is 9.37 Å². The summed E-state index contributed by atoms with van der Waals surface area (Å²) in [5.74, 6) is 0.122. The van der Waals surface area contributed by atoms with Gasteiger partial charge in [0.25, 0.3) is 5.91 Å². The van der Waals surface area contributed by atoms with Gasteiger partial charge in [-0.2, -0.15) is 0 Å². The van der Waals surface area contributed by atoms with Crippen LogP contribution in [0.2, 0.25) is 0 Å². The van der Waals surface area contributed by atoms with E-state index in [-0.39, 0.29) is 12.7 Å². The summed E-state index contributed by atoms with van der Waals surface area (Å²) in [7, 11) is 0. The lowest BCUT2D eigenvalue weighted by Gasteiger charge is -2.29. The SMILES string of the molecule is CC(C)Oc1cc2c(OCC3(F)CCNCC3)nccc2cc1C(N)=O. The number of carbonyl (C=O) groups excluding carboxylic acids is 1. The first kappa shape index (κ1) is 18.4. The van der Waals surface area contributed by atoms with Crippen molar-refractivity contribution in [2.75, 3.05) is 19.7 Å². The molecule has 140 valence electrons. The Hall–Kier alpha value is -2.41. The molecule has 0 atom stereocenters. The molecule has 1 aromatic heterocycles. The number of fused-ring (bicyclic) bond motifs is 1. The van der Waals surface area contributed by atoms with Crippen LogP contribution in [0.4, 0.5) is 4.39 Å². The van der Waals surface area contributed by atoms with Crippen LogP contribution in [0.1, 0.15) is 37.0 Å². The molecule has 1 amide bonds. The monoisotopic (exact) mass is 361 g/mol. The summed E-state index contributed by atoms with van der Waals surface area (Å²) in [6, 6.07) is 5.09. The van der Waals surface area contributed by atoms with Gasteiger partial charge < -0.3 is 20.5 Å². The largest absolute Gasteiger partial charge is 0.490 e. The highest BCUT2D eigenvalue weighted by molar-refractivity contribution is 6.01. The van der Waals surface area contributed by atoms with Crippen molar-refractivity contribution in [3.8, 4) is 11.6 Å². The van der Waals surface area contributed by atoms with Crippen molar-refractivity contribution in [1.29, 1.82) is 0 Å². The van der Waals surface area contributed by atoms with E-state index >= 15 is 0 Å². The van der Waals surface area contributed by atoms with E-state index in [0.29, 0.717) is 48.5 Å². The molecule has 0 aliphatic carbocycles. The first-order chi connectivity index (χ1) is 12.4. The van der Waals surface area contributed by atoms with Crippen LogP contribution >= 0.6 is 0 Å². The summed E-state index contributed by atoms with van der Waals surface area (Å²) in [5.41, 5.74) is 4.41. The topological polar surface area (TPSA) is 86.5 Å². The first-order valence-corrected chi connectivity index (χ1v) is 8.80. The molecule has 7 heteroatoms. The van der Waals surface area contributed by atoms with Crippen LogP contribution in [-0.2, 0) is 0 Å². The number of nitrogens with two attached hydrogens (primary N) is 1. The van der Waals surface area contributed by atoms with Gasteiger partial charge >= 0.3 is 0 Å². The van der Waals surface area contributed by atoms with E-state index in [1.807, 2.05) is 13.8 Å². The predicted molar refractivity (Wildman–Crippen MR) is 97.5 cm³/mol. The molecule has 1 aliphatic heterocycles. The number of halogens is 1. The van der Waals surface area contributed by atoms with Crippen LogP contribution in [0.5, 0.6) is 11.6 Å². The van der Waals surface area contributed by atoms with Crippen LogP contribution in [-0.4, -0.2) is 42.4 Å². The average Bonchev–Trinajstić information content (AvgIpc) is 2.59. The van der Waals surface area contributed by atoms with Crippen LogP contribution in [0.3, 0.4) is 0 Å². The number of ether oxygens (including phenoxy) is 2. The van der Waals surface area contributed by atoms with Crippen LogP contribution < -0.4 is 20.5 Å². The molecule has 3 N–H and O–H groups in total. The van der Waals surface area contributed by atoms with Crippen molar-refractivity contribution >= 4 is 16.7 Å². The maximum absolute atomic E-state index is 14.8.